The molecule has 1 aliphatic rings. The van der Waals surface area contributed by atoms with Crippen LogP contribution in [-0.4, -0.2) is 31.8 Å². The van der Waals surface area contributed by atoms with Crippen molar-refractivity contribution < 1.29 is 9.47 Å². The van der Waals surface area contributed by atoms with E-state index in [0.717, 1.165) is 42.0 Å². The van der Waals surface area contributed by atoms with E-state index >= 15 is 0 Å². The molecule has 1 unspecified atom stereocenters. The highest BCUT2D eigenvalue weighted by Gasteiger charge is 2.19. The van der Waals surface area contributed by atoms with Crippen LogP contribution >= 0.6 is 0 Å². The van der Waals surface area contributed by atoms with E-state index < -0.39 is 0 Å². The number of nitrogens with zero attached hydrogens (tertiary/aromatic N) is 1. The molecule has 1 atom stereocenters. The number of morpholine rings is 1. The number of nitrogens with one attached hydrogen (secondary N) is 1. The minimum absolute atomic E-state index is 0.0880. The van der Waals surface area contributed by atoms with Gasteiger partial charge in [0, 0.05) is 24.2 Å². The number of fused-ring (bicyclic) bond motifs is 1. The molecule has 1 aromatic heterocycles. The predicted molar refractivity (Wildman–Crippen MR) is 74.6 cm³/mol. The molecule has 1 aromatic carbocycles. The number of rotatable bonds is 2. The van der Waals surface area contributed by atoms with Crippen LogP contribution < -0.4 is 10.1 Å². The molecule has 19 heavy (non-hydrogen) atoms. The lowest BCUT2D eigenvalue weighted by Gasteiger charge is -2.25. The number of benzene rings is 1. The molecule has 3 rings (SSSR count). The first-order valence-electron chi connectivity index (χ1n) is 6.55. The van der Waals surface area contributed by atoms with Crippen LogP contribution in [0.3, 0.4) is 0 Å². The summed E-state index contributed by atoms with van der Waals surface area (Å²) in [5.74, 6) is 0.850. The normalized spacial score (nSPS) is 19.6. The fraction of sp³-hybridized carbons (Fsp3) is 0.400. The average Bonchev–Trinajstić information content (AvgIpc) is 2.47. The summed E-state index contributed by atoms with van der Waals surface area (Å²) < 4.78 is 11.2. The fourth-order valence-electron chi connectivity index (χ4n) is 2.53. The number of ether oxygens (including phenoxy) is 2. The van der Waals surface area contributed by atoms with E-state index in [9.17, 15) is 0 Å². The zero-order chi connectivity index (χ0) is 13.2. The largest absolute Gasteiger partial charge is 0.497 e. The first-order valence-corrected chi connectivity index (χ1v) is 6.55. The summed E-state index contributed by atoms with van der Waals surface area (Å²) in [7, 11) is 1.68. The minimum atomic E-state index is 0.0880. The molecule has 4 nitrogen and oxygen atoms in total. The molecule has 0 aliphatic carbocycles. The van der Waals surface area contributed by atoms with Crippen molar-refractivity contribution in [2.75, 3.05) is 26.8 Å². The van der Waals surface area contributed by atoms with Crippen LogP contribution in [0.15, 0.2) is 24.3 Å². The highest BCUT2D eigenvalue weighted by Crippen LogP contribution is 2.29. The smallest absolute Gasteiger partial charge is 0.119 e. The van der Waals surface area contributed by atoms with Crippen molar-refractivity contribution in [3.63, 3.8) is 0 Å². The van der Waals surface area contributed by atoms with Gasteiger partial charge in [-0.2, -0.15) is 0 Å². The SMILES string of the molecule is COc1ccc2nc(C)cc(C3CNCCO3)c2c1. The van der Waals surface area contributed by atoms with Crippen LogP contribution in [0.5, 0.6) is 5.75 Å². The topological polar surface area (TPSA) is 43.4 Å². The Kier molecular flexibility index (Phi) is 3.36. The highest BCUT2D eigenvalue weighted by atomic mass is 16.5. The van der Waals surface area contributed by atoms with Crippen molar-refractivity contribution >= 4 is 10.9 Å². The molecule has 4 heteroatoms. The molecule has 2 aromatic rings. The lowest BCUT2D eigenvalue weighted by Crippen LogP contribution is -2.33. The first-order chi connectivity index (χ1) is 9.28. The van der Waals surface area contributed by atoms with Gasteiger partial charge in [-0.25, -0.2) is 0 Å². The molecule has 1 saturated heterocycles. The van der Waals surface area contributed by atoms with Gasteiger partial charge in [0.05, 0.1) is 25.3 Å². The molecule has 0 saturated carbocycles. The number of methoxy groups -OCH3 is 1. The van der Waals surface area contributed by atoms with Crippen molar-refractivity contribution in [1.82, 2.24) is 10.3 Å². The zero-order valence-electron chi connectivity index (χ0n) is 11.3. The van der Waals surface area contributed by atoms with E-state index in [-0.39, 0.29) is 6.10 Å². The summed E-state index contributed by atoms with van der Waals surface area (Å²) in [5, 5.41) is 4.48. The number of hydrogen-bond acceptors (Lipinski definition) is 4. The minimum Gasteiger partial charge on any atom is -0.497 e. The molecule has 0 amide bonds. The second-order valence-electron chi connectivity index (χ2n) is 4.80. The molecular formula is C15H18N2O2. The summed E-state index contributed by atoms with van der Waals surface area (Å²) in [5.41, 5.74) is 3.19. The van der Waals surface area contributed by atoms with Gasteiger partial charge >= 0.3 is 0 Å². The summed E-state index contributed by atoms with van der Waals surface area (Å²) in [6, 6.07) is 8.09. The first kappa shape index (κ1) is 12.4. The maximum atomic E-state index is 5.87. The van der Waals surface area contributed by atoms with Crippen LogP contribution in [0.4, 0.5) is 0 Å². The summed E-state index contributed by atoms with van der Waals surface area (Å²) in [6.07, 6.45) is 0.0880. The number of pyridine rings is 1. The second kappa shape index (κ2) is 5.15. The summed E-state index contributed by atoms with van der Waals surface area (Å²) in [4.78, 5) is 4.58. The second-order valence-corrected chi connectivity index (χ2v) is 4.80. The van der Waals surface area contributed by atoms with Gasteiger partial charge < -0.3 is 14.8 Å². The standard InChI is InChI=1S/C15H18N2O2/c1-10-7-13(15-9-16-5-6-19-15)12-8-11(18-2)3-4-14(12)17-10/h3-4,7-8,15-16H,5-6,9H2,1-2H3. The van der Waals surface area contributed by atoms with Gasteiger partial charge in [0.25, 0.3) is 0 Å². The van der Waals surface area contributed by atoms with E-state index in [4.69, 9.17) is 9.47 Å². The lowest BCUT2D eigenvalue weighted by molar-refractivity contribution is 0.0285. The van der Waals surface area contributed by atoms with Gasteiger partial charge in [0.15, 0.2) is 0 Å². The van der Waals surface area contributed by atoms with Gasteiger partial charge in [-0.3, -0.25) is 4.98 Å². The van der Waals surface area contributed by atoms with Crippen LogP contribution in [0.25, 0.3) is 10.9 Å². The molecule has 0 spiro atoms. The van der Waals surface area contributed by atoms with Gasteiger partial charge in [-0.15, -0.1) is 0 Å². The van der Waals surface area contributed by atoms with Crippen LogP contribution in [0.2, 0.25) is 0 Å². The molecule has 2 heterocycles. The number of aromatic nitrogens is 1. The van der Waals surface area contributed by atoms with Crippen LogP contribution in [0.1, 0.15) is 17.4 Å². The monoisotopic (exact) mass is 258 g/mol. The molecular weight excluding hydrogens is 240 g/mol. The average molecular weight is 258 g/mol. The third-order valence-corrected chi connectivity index (χ3v) is 3.45. The number of hydrogen-bond donors (Lipinski definition) is 1. The van der Waals surface area contributed by atoms with E-state index in [2.05, 4.69) is 16.4 Å². The maximum absolute atomic E-state index is 5.87. The number of aryl methyl sites for hydroxylation is 1. The van der Waals surface area contributed by atoms with Crippen molar-refractivity contribution in [3.05, 3.63) is 35.5 Å². The van der Waals surface area contributed by atoms with Crippen LogP contribution in [0, 0.1) is 6.92 Å². The van der Waals surface area contributed by atoms with Gasteiger partial charge in [0.2, 0.25) is 0 Å². The Morgan fingerprint density at radius 1 is 1.37 bits per heavy atom. The Labute approximate surface area is 112 Å². The Morgan fingerprint density at radius 3 is 3.00 bits per heavy atom. The summed E-state index contributed by atoms with van der Waals surface area (Å²) >= 11 is 0. The molecule has 0 bridgehead atoms. The Hall–Kier alpha value is -1.65. The molecule has 1 aliphatic heterocycles. The Bertz CT molecular complexity index is 592. The molecule has 100 valence electrons. The Balaban J connectivity index is 2.14. The third-order valence-electron chi connectivity index (χ3n) is 3.45. The molecule has 1 N–H and O–H groups in total. The lowest BCUT2D eigenvalue weighted by atomic mass is 10.0. The van der Waals surface area contributed by atoms with Gasteiger partial charge in [-0.05, 0) is 36.8 Å². The quantitative estimate of drug-likeness (QED) is 0.897. The zero-order valence-corrected chi connectivity index (χ0v) is 11.3. The van der Waals surface area contributed by atoms with Crippen molar-refractivity contribution in [1.29, 1.82) is 0 Å². The predicted octanol–water partition coefficient (Wildman–Crippen LogP) is 2.21. The Morgan fingerprint density at radius 2 is 2.26 bits per heavy atom. The highest BCUT2D eigenvalue weighted by molar-refractivity contribution is 5.84. The maximum Gasteiger partial charge on any atom is 0.119 e. The van der Waals surface area contributed by atoms with Crippen molar-refractivity contribution in [2.45, 2.75) is 13.0 Å². The van der Waals surface area contributed by atoms with Crippen LogP contribution in [-0.2, 0) is 4.74 Å². The van der Waals surface area contributed by atoms with E-state index in [1.165, 1.54) is 5.56 Å². The van der Waals surface area contributed by atoms with E-state index in [0.29, 0.717) is 0 Å². The summed E-state index contributed by atoms with van der Waals surface area (Å²) in [6.45, 7) is 4.53. The van der Waals surface area contributed by atoms with E-state index in [1.807, 2.05) is 25.1 Å². The van der Waals surface area contributed by atoms with Crippen molar-refractivity contribution in [2.24, 2.45) is 0 Å². The van der Waals surface area contributed by atoms with Gasteiger partial charge in [0.1, 0.15) is 5.75 Å². The molecule has 1 fully saturated rings. The van der Waals surface area contributed by atoms with Crippen molar-refractivity contribution in [3.8, 4) is 5.75 Å². The van der Waals surface area contributed by atoms with Gasteiger partial charge in [-0.1, -0.05) is 0 Å². The fourth-order valence-corrected chi connectivity index (χ4v) is 2.53. The van der Waals surface area contributed by atoms with E-state index in [1.54, 1.807) is 7.11 Å². The molecule has 0 radical (unpaired) electrons. The third kappa shape index (κ3) is 2.41.